The Hall–Kier alpha value is -1.10. The number of carbonyl (C=O) groups excluding carboxylic acids is 2. The number of imide groups is 1. The molecule has 2 aliphatic heterocycles. The van der Waals surface area contributed by atoms with Crippen LogP contribution < -0.4 is 5.32 Å². The van der Waals surface area contributed by atoms with Gasteiger partial charge in [0.15, 0.2) is 0 Å². The highest BCUT2D eigenvalue weighted by molar-refractivity contribution is 6.07. The monoisotopic (exact) mass is 360 g/mol. The van der Waals surface area contributed by atoms with E-state index < -0.39 is 5.54 Å². The minimum absolute atomic E-state index is 0.0799. The predicted molar refractivity (Wildman–Crippen MR) is 97.4 cm³/mol. The first-order valence-corrected chi connectivity index (χ1v) is 10.9. The molecule has 0 aromatic carbocycles. The van der Waals surface area contributed by atoms with Crippen molar-refractivity contribution in [3.05, 3.63) is 0 Å². The van der Waals surface area contributed by atoms with E-state index in [0.29, 0.717) is 30.2 Å². The molecule has 5 unspecified atom stereocenters. The van der Waals surface area contributed by atoms with Crippen LogP contribution in [0.25, 0.3) is 0 Å². The molecule has 1 spiro atoms. The SMILES string of the molecule is O=C1N[C@@]2(CCC3CCCCC3C2)C(=O)N1CC1CCC2COCC2C1. The van der Waals surface area contributed by atoms with Gasteiger partial charge >= 0.3 is 6.03 Å². The first kappa shape index (κ1) is 17.0. The van der Waals surface area contributed by atoms with Crippen LogP contribution in [0.15, 0.2) is 0 Å². The topological polar surface area (TPSA) is 58.6 Å². The van der Waals surface area contributed by atoms with Gasteiger partial charge in [-0.15, -0.1) is 0 Å². The quantitative estimate of drug-likeness (QED) is 0.769. The highest BCUT2D eigenvalue weighted by atomic mass is 16.5. The number of amides is 3. The van der Waals surface area contributed by atoms with Gasteiger partial charge in [-0.25, -0.2) is 4.79 Å². The summed E-state index contributed by atoms with van der Waals surface area (Å²) >= 11 is 0. The lowest BCUT2D eigenvalue weighted by Gasteiger charge is -2.43. The summed E-state index contributed by atoms with van der Waals surface area (Å²) < 4.78 is 5.63. The maximum absolute atomic E-state index is 13.3. The zero-order chi connectivity index (χ0) is 17.7. The molecule has 1 N–H and O–H groups in total. The molecule has 0 aromatic heterocycles. The van der Waals surface area contributed by atoms with Crippen molar-refractivity contribution in [2.45, 2.75) is 69.7 Å². The molecule has 3 saturated carbocycles. The molecular weight excluding hydrogens is 328 g/mol. The summed E-state index contributed by atoms with van der Waals surface area (Å²) in [6.45, 7) is 2.39. The summed E-state index contributed by atoms with van der Waals surface area (Å²) in [5, 5.41) is 3.15. The molecule has 6 atom stereocenters. The lowest BCUT2D eigenvalue weighted by molar-refractivity contribution is -0.134. The van der Waals surface area contributed by atoms with E-state index in [1.165, 1.54) is 32.1 Å². The molecule has 5 heteroatoms. The van der Waals surface area contributed by atoms with Crippen molar-refractivity contribution in [3.63, 3.8) is 0 Å². The largest absolute Gasteiger partial charge is 0.381 e. The van der Waals surface area contributed by atoms with E-state index in [9.17, 15) is 9.59 Å². The lowest BCUT2D eigenvalue weighted by atomic mass is 9.64. The Bertz CT molecular complexity index is 594. The number of rotatable bonds is 2. The van der Waals surface area contributed by atoms with E-state index in [-0.39, 0.29) is 11.9 Å². The highest BCUT2D eigenvalue weighted by Crippen LogP contribution is 2.46. The summed E-state index contributed by atoms with van der Waals surface area (Å²) in [7, 11) is 0. The van der Waals surface area contributed by atoms with Crippen LogP contribution in [-0.4, -0.2) is 42.1 Å². The van der Waals surface area contributed by atoms with Crippen LogP contribution in [0.3, 0.4) is 0 Å². The lowest BCUT2D eigenvalue weighted by Crippen LogP contribution is -2.52. The van der Waals surface area contributed by atoms with Crippen molar-refractivity contribution in [2.75, 3.05) is 19.8 Å². The molecule has 2 saturated heterocycles. The second-order valence-corrected chi connectivity index (χ2v) is 9.71. The molecule has 26 heavy (non-hydrogen) atoms. The maximum atomic E-state index is 13.3. The Morgan fingerprint density at radius 3 is 2.65 bits per heavy atom. The summed E-state index contributed by atoms with van der Waals surface area (Å²) in [5.41, 5.74) is -0.580. The predicted octanol–water partition coefficient (Wildman–Crippen LogP) is 3.33. The maximum Gasteiger partial charge on any atom is 0.325 e. The Morgan fingerprint density at radius 2 is 1.77 bits per heavy atom. The van der Waals surface area contributed by atoms with Crippen LogP contribution in [0.2, 0.25) is 0 Å². The third-order valence-corrected chi connectivity index (χ3v) is 8.22. The fraction of sp³-hybridized carbons (Fsp3) is 0.905. The van der Waals surface area contributed by atoms with Gasteiger partial charge in [-0.3, -0.25) is 9.69 Å². The van der Waals surface area contributed by atoms with Gasteiger partial charge in [0.2, 0.25) is 0 Å². The van der Waals surface area contributed by atoms with Crippen molar-refractivity contribution in [1.29, 1.82) is 0 Å². The first-order chi connectivity index (χ1) is 12.6. The zero-order valence-electron chi connectivity index (χ0n) is 15.8. The third-order valence-electron chi connectivity index (χ3n) is 8.22. The summed E-state index contributed by atoms with van der Waals surface area (Å²) in [6.07, 6.45) is 11.4. The minimum Gasteiger partial charge on any atom is -0.381 e. The average Bonchev–Trinajstić information content (AvgIpc) is 3.20. The normalized spacial score (nSPS) is 45.5. The number of fused-ring (bicyclic) bond motifs is 2. The van der Waals surface area contributed by atoms with Gasteiger partial charge in [-0.05, 0) is 68.1 Å². The molecule has 5 aliphatic rings. The van der Waals surface area contributed by atoms with Crippen LogP contribution in [0, 0.1) is 29.6 Å². The van der Waals surface area contributed by atoms with Gasteiger partial charge in [-0.1, -0.05) is 25.7 Å². The molecule has 3 aliphatic carbocycles. The van der Waals surface area contributed by atoms with E-state index in [2.05, 4.69) is 5.32 Å². The standard InChI is InChI=1S/C21H32N2O3/c24-19-21(8-7-15-3-1-2-4-16(15)10-21)22-20(25)23(19)11-14-5-6-17-12-26-13-18(17)9-14/h14-18H,1-13H2,(H,22,25)/t14?,15?,16?,17?,18?,21-/m1/s1. The molecule has 0 aromatic rings. The third kappa shape index (κ3) is 2.78. The van der Waals surface area contributed by atoms with Gasteiger partial charge in [0.25, 0.3) is 5.91 Å². The molecule has 5 rings (SSSR count). The Morgan fingerprint density at radius 1 is 0.962 bits per heavy atom. The van der Waals surface area contributed by atoms with Gasteiger partial charge in [0, 0.05) is 19.8 Å². The van der Waals surface area contributed by atoms with Crippen molar-refractivity contribution in [3.8, 4) is 0 Å². The number of nitrogens with one attached hydrogen (secondary N) is 1. The Balaban J connectivity index is 1.26. The van der Waals surface area contributed by atoms with Crippen molar-refractivity contribution < 1.29 is 14.3 Å². The minimum atomic E-state index is -0.580. The van der Waals surface area contributed by atoms with Crippen molar-refractivity contribution >= 4 is 11.9 Å². The van der Waals surface area contributed by atoms with Gasteiger partial charge < -0.3 is 10.1 Å². The van der Waals surface area contributed by atoms with E-state index >= 15 is 0 Å². The molecule has 0 radical (unpaired) electrons. The van der Waals surface area contributed by atoms with Gasteiger partial charge in [0.1, 0.15) is 5.54 Å². The van der Waals surface area contributed by atoms with E-state index in [1.54, 1.807) is 4.90 Å². The van der Waals surface area contributed by atoms with E-state index in [0.717, 1.165) is 51.2 Å². The molecular formula is C21H32N2O3. The molecule has 144 valence electrons. The van der Waals surface area contributed by atoms with Crippen molar-refractivity contribution in [1.82, 2.24) is 10.2 Å². The molecule has 3 amide bonds. The second kappa shape index (κ2) is 6.50. The molecule has 5 fully saturated rings. The van der Waals surface area contributed by atoms with E-state index in [1.807, 2.05) is 0 Å². The smallest absolute Gasteiger partial charge is 0.325 e. The second-order valence-electron chi connectivity index (χ2n) is 9.71. The number of ether oxygens (including phenoxy) is 1. The van der Waals surface area contributed by atoms with Crippen molar-refractivity contribution in [2.24, 2.45) is 29.6 Å². The van der Waals surface area contributed by atoms with Gasteiger partial charge in [0.05, 0.1) is 0 Å². The fourth-order valence-corrected chi connectivity index (χ4v) is 6.71. The molecule has 5 nitrogen and oxygen atoms in total. The van der Waals surface area contributed by atoms with E-state index in [4.69, 9.17) is 4.74 Å². The summed E-state index contributed by atoms with van der Waals surface area (Å²) in [5.74, 6) is 3.30. The van der Waals surface area contributed by atoms with Crippen LogP contribution in [-0.2, 0) is 9.53 Å². The highest BCUT2D eigenvalue weighted by Gasteiger charge is 2.55. The van der Waals surface area contributed by atoms with Crippen LogP contribution in [0.4, 0.5) is 4.79 Å². The number of hydrogen-bond donors (Lipinski definition) is 1. The Kier molecular flexibility index (Phi) is 4.26. The fourth-order valence-electron chi connectivity index (χ4n) is 6.71. The number of urea groups is 1. The summed E-state index contributed by atoms with van der Waals surface area (Å²) in [4.78, 5) is 27.5. The summed E-state index contributed by atoms with van der Waals surface area (Å²) in [6, 6.07) is -0.131. The Labute approximate surface area is 156 Å². The molecule has 0 bridgehead atoms. The average molecular weight is 360 g/mol. The van der Waals surface area contributed by atoms with Gasteiger partial charge in [-0.2, -0.15) is 0 Å². The molecule has 2 heterocycles. The number of hydrogen-bond acceptors (Lipinski definition) is 3. The van der Waals surface area contributed by atoms with Crippen LogP contribution in [0.5, 0.6) is 0 Å². The first-order valence-electron chi connectivity index (χ1n) is 10.9. The zero-order valence-corrected chi connectivity index (χ0v) is 15.8. The number of carbonyl (C=O) groups is 2. The number of nitrogens with zero attached hydrogens (tertiary/aromatic N) is 1. The van der Waals surface area contributed by atoms with Crippen LogP contribution in [0.1, 0.15) is 64.2 Å². The van der Waals surface area contributed by atoms with Crippen LogP contribution >= 0.6 is 0 Å².